The minimum atomic E-state index is -4.33. The van der Waals surface area contributed by atoms with Gasteiger partial charge in [-0.25, -0.2) is 0 Å². The predicted octanol–water partition coefficient (Wildman–Crippen LogP) is 2.99. The first kappa shape index (κ1) is 16.2. The Morgan fingerprint density at radius 2 is 1.63 bits per heavy atom. The maximum atomic E-state index is 12.7. The van der Waals surface area contributed by atoms with Crippen molar-refractivity contribution in [2.45, 2.75) is 32.9 Å². The topological polar surface area (TPSA) is 18.5 Å². The second-order valence-electron chi connectivity index (χ2n) is 4.20. The molecule has 0 radical (unpaired) electrons. The van der Waals surface area contributed by atoms with E-state index < -0.39 is 21.0 Å². The number of hydrogen-bond acceptors (Lipinski definition) is 2. The van der Waals surface area contributed by atoms with Gasteiger partial charge in [0.25, 0.3) is 0 Å². The van der Waals surface area contributed by atoms with Gasteiger partial charge in [-0.05, 0) is 24.1 Å². The Morgan fingerprint density at radius 1 is 1.05 bits per heavy atom. The highest BCUT2D eigenvalue weighted by Crippen LogP contribution is 2.28. The Bertz CT molecular complexity index is 374. The van der Waals surface area contributed by atoms with E-state index in [4.69, 9.17) is 8.85 Å². The molecular formula is C13H19F3O2Si. The molecule has 0 amide bonds. The number of benzene rings is 1. The van der Waals surface area contributed by atoms with Gasteiger partial charge in [0.15, 0.2) is 0 Å². The molecular weight excluding hydrogens is 273 g/mol. The fourth-order valence-electron chi connectivity index (χ4n) is 1.55. The second-order valence-corrected chi connectivity index (χ2v) is 6.19. The molecule has 0 aromatic heterocycles. The van der Waals surface area contributed by atoms with Gasteiger partial charge >= 0.3 is 15.5 Å². The smallest absolute Gasteiger partial charge is 0.393 e. The van der Waals surface area contributed by atoms with Gasteiger partial charge in [-0.1, -0.05) is 32.0 Å². The Balaban J connectivity index is 2.88. The third-order valence-corrected chi connectivity index (χ3v) is 4.41. The zero-order valence-electron chi connectivity index (χ0n) is 11.2. The molecule has 0 unspecified atom stereocenters. The average molecular weight is 292 g/mol. The van der Waals surface area contributed by atoms with Crippen molar-refractivity contribution in [3.05, 3.63) is 29.8 Å². The summed E-state index contributed by atoms with van der Waals surface area (Å²) in [6.45, 7) is 4.93. The third kappa shape index (κ3) is 5.34. The minimum Gasteiger partial charge on any atom is -0.393 e. The lowest BCUT2D eigenvalue weighted by molar-refractivity contribution is -0.137. The van der Waals surface area contributed by atoms with Crippen molar-refractivity contribution in [1.29, 1.82) is 0 Å². The molecule has 0 aliphatic heterocycles. The molecule has 6 heteroatoms. The third-order valence-electron chi connectivity index (χ3n) is 2.43. The van der Waals surface area contributed by atoms with Crippen molar-refractivity contribution in [2.24, 2.45) is 0 Å². The lowest BCUT2D eigenvalue weighted by atomic mass is 10.2. The number of halogens is 3. The molecule has 0 atom stereocenters. The number of alkyl halides is 3. The minimum absolute atomic E-state index is 0.511. The van der Waals surface area contributed by atoms with Crippen LogP contribution in [-0.2, 0) is 15.0 Å². The van der Waals surface area contributed by atoms with E-state index in [9.17, 15) is 13.2 Å². The molecule has 1 rings (SSSR count). The van der Waals surface area contributed by atoms with Crippen LogP contribution >= 0.6 is 0 Å². The van der Waals surface area contributed by atoms with Gasteiger partial charge in [0.1, 0.15) is 0 Å². The van der Waals surface area contributed by atoms with E-state index >= 15 is 0 Å². The Kier molecular flexibility index (Phi) is 6.54. The van der Waals surface area contributed by atoms with Gasteiger partial charge in [-0.3, -0.25) is 0 Å². The Morgan fingerprint density at radius 3 is 2.11 bits per heavy atom. The lowest BCUT2D eigenvalue weighted by Crippen LogP contribution is -2.38. The standard InChI is InChI=1S/C13H19F3O2Si/c1-3-8-17-19(18-9-4-2)12-7-5-6-11(10-12)13(14,15)16/h5-7,10,19H,3-4,8-9H2,1-2H3. The monoisotopic (exact) mass is 292 g/mol. The van der Waals surface area contributed by atoms with Crippen molar-refractivity contribution in [3.63, 3.8) is 0 Å². The summed E-state index contributed by atoms with van der Waals surface area (Å²) >= 11 is 0. The van der Waals surface area contributed by atoms with Crippen LogP contribution in [0, 0.1) is 0 Å². The molecule has 0 aliphatic carbocycles. The van der Waals surface area contributed by atoms with E-state index in [1.165, 1.54) is 6.07 Å². The van der Waals surface area contributed by atoms with Gasteiger partial charge in [0.2, 0.25) is 0 Å². The highest BCUT2D eigenvalue weighted by molar-refractivity contribution is 6.61. The van der Waals surface area contributed by atoms with E-state index in [1.807, 2.05) is 13.8 Å². The van der Waals surface area contributed by atoms with Crippen LogP contribution < -0.4 is 5.19 Å². The maximum absolute atomic E-state index is 12.7. The molecule has 108 valence electrons. The number of rotatable bonds is 7. The van der Waals surface area contributed by atoms with Crippen LogP contribution in [0.2, 0.25) is 0 Å². The van der Waals surface area contributed by atoms with Gasteiger partial charge in [-0.15, -0.1) is 0 Å². The Hall–Kier alpha value is -0.853. The highest BCUT2D eigenvalue weighted by Gasteiger charge is 2.31. The molecule has 0 N–H and O–H groups in total. The van der Waals surface area contributed by atoms with Crippen LogP contribution in [-0.4, -0.2) is 22.5 Å². The van der Waals surface area contributed by atoms with Crippen molar-refractivity contribution in [2.75, 3.05) is 13.2 Å². The second kappa shape index (κ2) is 7.67. The highest BCUT2D eigenvalue weighted by atomic mass is 28.3. The summed E-state index contributed by atoms with van der Waals surface area (Å²) in [5, 5.41) is 0.539. The van der Waals surface area contributed by atoms with E-state index in [0.717, 1.165) is 25.0 Å². The fourth-order valence-corrected chi connectivity index (χ4v) is 3.52. The van der Waals surface area contributed by atoms with E-state index in [1.54, 1.807) is 6.07 Å². The normalized spacial score (nSPS) is 12.1. The van der Waals surface area contributed by atoms with Gasteiger partial charge in [0, 0.05) is 13.2 Å². The van der Waals surface area contributed by atoms with Gasteiger partial charge in [0.05, 0.1) is 5.56 Å². The molecule has 0 saturated carbocycles. The van der Waals surface area contributed by atoms with Crippen LogP contribution in [0.15, 0.2) is 24.3 Å². The van der Waals surface area contributed by atoms with E-state index in [-0.39, 0.29) is 0 Å². The first-order valence-corrected chi connectivity index (χ1v) is 7.91. The SMILES string of the molecule is CCCO[SiH](OCCC)c1cccc(C(F)(F)F)c1. The number of hydrogen-bond donors (Lipinski definition) is 0. The van der Waals surface area contributed by atoms with Crippen molar-refractivity contribution in [1.82, 2.24) is 0 Å². The summed E-state index contributed by atoms with van der Waals surface area (Å²) in [5.74, 6) is 0. The zero-order chi connectivity index (χ0) is 14.3. The molecule has 0 fully saturated rings. The molecule has 1 aromatic carbocycles. The lowest BCUT2D eigenvalue weighted by Gasteiger charge is -2.17. The van der Waals surface area contributed by atoms with Gasteiger partial charge < -0.3 is 8.85 Å². The maximum Gasteiger partial charge on any atom is 0.416 e. The summed E-state index contributed by atoms with van der Waals surface area (Å²) in [6.07, 6.45) is -2.69. The molecule has 1 aromatic rings. The molecule has 0 spiro atoms. The molecule has 0 saturated heterocycles. The molecule has 0 bridgehead atoms. The molecule has 19 heavy (non-hydrogen) atoms. The first-order chi connectivity index (χ1) is 8.99. The largest absolute Gasteiger partial charge is 0.416 e. The predicted molar refractivity (Wildman–Crippen MR) is 70.7 cm³/mol. The van der Waals surface area contributed by atoms with Crippen molar-refractivity contribution in [3.8, 4) is 0 Å². The fraction of sp³-hybridized carbons (Fsp3) is 0.538. The average Bonchev–Trinajstić information content (AvgIpc) is 2.38. The first-order valence-electron chi connectivity index (χ1n) is 6.39. The summed E-state index contributed by atoms with van der Waals surface area (Å²) in [5.41, 5.74) is -0.650. The van der Waals surface area contributed by atoms with Gasteiger partial charge in [-0.2, -0.15) is 13.2 Å². The summed E-state index contributed by atoms with van der Waals surface area (Å²) in [4.78, 5) is 0. The summed E-state index contributed by atoms with van der Waals surface area (Å²) in [6, 6.07) is 5.26. The molecule has 0 heterocycles. The quantitative estimate of drug-likeness (QED) is 0.719. The van der Waals surface area contributed by atoms with Crippen LogP contribution in [0.1, 0.15) is 32.3 Å². The van der Waals surface area contributed by atoms with Crippen molar-refractivity contribution < 1.29 is 22.0 Å². The van der Waals surface area contributed by atoms with Crippen LogP contribution in [0.3, 0.4) is 0 Å². The zero-order valence-corrected chi connectivity index (χ0v) is 12.3. The van der Waals surface area contributed by atoms with Crippen LogP contribution in [0.5, 0.6) is 0 Å². The van der Waals surface area contributed by atoms with Crippen molar-refractivity contribution >= 4 is 14.5 Å². The van der Waals surface area contributed by atoms with Crippen LogP contribution in [0.4, 0.5) is 13.2 Å². The van der Waals surface area contributed by atoms with E-state index in [2.05, 4.69) is 0 Å². The molecule has 0 aliphatic rings. The summed E-state index contributed by atoms with van der Waals surface area (Å²) < 4.78 is 49.2. The molecule has 2 nitrogen and oxygen atoms in total. The summed E-state index contributed by atoms with van der Waals surface area (Å²) in [7, 11) is -2.23. The van der Waals surface area contributed by atoms with Crippen LogP contribution in [0.25, 0.3) is 0 Å². The Labute approximate surface area is 113 Å². The van der Waals surface area contributed by atoms with E-state index in [0.29, 0.717) is 18.4 Å².